The number of hydrogen-bond donors (Lipinski definition) is 1. The Kier molecular flexibility index (Phi) is 5.97. The average Bonchev–Trinajstić information content (AvgIpc) is 3.27. The van der Waals surface area contributed by atoms with E-state index in [0.717, 1.165) is 52.8 Å². The largest absolute Gasteiger partial charge is 0.384 e. The number of nitrogens with one attached hydrogen (secondary N) is 1. The summed E-state index contributed by atoms with van der Waals surface area (Å²) in [5, 5.41) is 7.31. The summed E-state index contributed by atoms with van der Waals surface area (Å²) in [7, 11) is 0. The predicted molar refractivity (Wildman–Crippen MR) is 160 cm³/mol. The number of fused-ring (bicyclic) bond motifs is 4. The van der Waals surface area contributed by atoms with Crippen molar-refractivity contribution in [3.8, 4) is 16.8 Å². The van der Waals surface area contributed by atoms with Gasteiger partial charge in [-0.05, 0) is 60.9 Å². The summed E-state index contributed by atoms with van der Waals surface area (Å²) in [6.45, 7) is 9.47. The first-order valence-electron chi connectivity index (χ1n) is 13.1. The van der Waals surface area contributed by atoms with Crippen molar-refractivity contribution in [1.82, 2.24) is 9.55 Å². The molecule has 2 heterocycles. The predicted octanol–water partition coefficient (Wildman–Crippen LogP) is 9.24. The first kappa shape index (κ1) is 23.1. The zero-order valence-corrected chi connectivity index (χ0v) is 21.5. The van der Waals surface area contributed by atoms with Gasteiger partial charge in [-0.3, -0.25) is 4.98 Å². The van der Waals surface area contributed by atoms with Crippen LogP contribution in [0.1, 0.15) is 32.3 Å². The number of rotatable bonds is 7. The van der Waals surface area contributed by atoms with Crippen LogP contribution in [0.5, 0.6) is 0 Å². The number of anilines is 1. The molecule has 1 N–H and O–H groups in total. The highest BCUT2D eigenvalue weighted by Crippen LogP contribution is 2.39. The Balaban J connectivity index is 1.59. The van der Waals surface area contributed by atoms with Crippen LogP contribution in [-0.2, 0) is 0 Å². The second-order valence-electron chi connectivity index (χ2n) is 9.76. The molecular formula is C34H31N3. The lowest BCUT2D eigenvalue weighted by molar-refractivity contribution is 0.834. The maximum atomic E-state index is 4.76. The van der Waals surface area contributed by atoms with Gasteiger partial charge in [0.25, 0.3) is 0 Å². The monoisotopic (exact) mass is 481 g/mol. The van der Waals surface area contributed by atoms with Crippen molar-refractivity contribution in [3.63, 3.8) is 0 Å². The van der Waals surface area contributed by atoms with Crippen LogP contribution in [0.3, 0.4) is 0 Å². The van der Waals surface area contributed by atoms with Crippen LogP contribution in [0.2, 0.25) is 0 Å². The van der Waals surface area contributed by atoms with Crippen LogP contribution in [0, 0.1) is 0 Å². The van der Waals surface area contributed by atoms with Crippen LogP contribution in [-0.4, -0.2) is 16.1 Å². The molecule has 4 aromatic carbocycles. The van der Waals surface area contributed by atoms with Crippen molar-refractivity contribution in [2.45, 2.75) is 26.7 Å². The van der Waals surface area contributed by atoms with E-state index in [2.05, 4.69) is 115 Å². The first-order chi connectivity index (χ1) is 18.2. The van der Waals surface area contributed by atoms with E-state index >= 15 is 0 Å². The molecule has 0 unspecified atom stereocenters. The summed E-state index contributed by atoms with van der Waals surface area (Å²) in [6, 6.07) is 32.5. The molecule has 0 aliphatic rings. The number of allylic oxidation sites excluding steroid dienone is 1. The van der Waals surface area contributed by atoms with Crippen LogP contribution in [0.4, 0.5) is 5.69 Å². The van der Waals surface area contributed by atoms with Crippen molar-refractivity contribution >= 4 is 44.0 Å². The SMILES string of the molecule is C=C(C)c1ccc(-n2c3ccccc3c3c(-c4cnc5ccccc5c4)cccc32)cc1NCCCC. The van der Waals surface area contributed by atoms with Gasteiger partial charge in [-0.1, -0.05) is 74.5 Å². The number of unbranched alkanes of at least 4 members (excludes halogenated alkanes) is 1. The van der Waals surface area contributed by atoms with E-state index in [9.17, 15) is 0 Å². The minimum Gasteiger partial charge on any atom is -0.384 e. The van der Waals surface area contributed by atoms with Gasteiger partial charge in [0.1, 0.15) is 0 Å². The zero-order valence-electron chi connectivity index (χ0n) is 21.5. The third-order valence-electron chi connectivity index (χ3n) is 7.17. The Bertz CT molecular complexity index is 1770. The van der Waals surface area contributed by atoms with Crippen molar-refractivity contribution in [3.05, 3.63) is 109 Å². The second-order valence-corrected chi connectivity index (χ2v) is 9.76. The minimum atomic E-state index is 0.951. The van der Waals surface area contributed by atoms with Crippen LogP contribution >= 0.6 is 0 Å². The third kappa shape index (κ3) is 4.07. The van der Waals surface area contributed by atoms with Crippen LogP contribution < -0.4 is 5.32 Å². The Morgan fingerprint density at radius 3 is 2.57 bits per heavy atom. The molecule has 0 aliphatic carbocycles. The molecule has 37 heavy (non-hydrogen) atoms. The highest BCUT2D eigenvalue weighted by Gasteiger charge is 2.17. The Morgan fingerprint density at radius 1 is 0.892 bits per heavy atom. The molecule has 6 aromatic rings. The van der Waals surface area contributed by atoms with E-state index in [-0.39, 0.29) is 0 Å². The molecule has 0 fully saturated rings. The first-order valence-corrected chi connectivity index (χ1v) is 13.1. The molecule has 3 heteroatoms. The number of pyridine rings is 1. The van der Waals surface area contributed by atoms with Gasteiger partial charge in [-0.2, -0.15) is 0 Å². The minimum absolute atomic E-state index is 0.951. The van der Waals surface area contributed by atoms with Crippen molar-refractivity contribution < 1.29 is 0 Å². The molecule has 182 valence electrons. The van der Waals surface area contributed by atoms with Gasteiger partial charge in [0, 0.05) is 51.4 Å². The molecule has 2 aromatic heterocycles. The lowest BCUT2D eigenvalue weighted by Gasteiger charge is -2.16. The van der Waals surface area contributed by atoms with E-state index < -0.39 is 0 Å². The molecule has 0 radical (unpaired) electrons. The lowest BCUT2D eigenvalue weighted by atomic mass is 9.99. The van der Waals surface area contributed by atoms with E-state index in [4.69, 9.17) is 4.98 Å². The Labute approximate surface area is 218 Å². The third-order valence-corrected chi connectivity index (χ3v) is 7.17. The van der Waals surface area contributed by atoms with Crippen LogP contribution in [0.15, 0.2) is 104 Å². The van der Waals surface area contributed by atoms with Gasteiger partial charge in [0.15, 0.2) is 0 Å². The smallest absolute Gasteiger partial charge is 0.0702 e. The quantitative estimate of drug-likeness (QED) is 0.230. The summed E-state index contributed by atoms with van der Waals surface area (Å²) >= 11 is 0. The van der Waals surface area contributed by atoms with E-state index in [1.807, 2.05) is 12.3 Å². The molecule has 6 rings (SSSR count). The van der Waals surface area contributed by atoms with E-state index in [0.29, 0.717) is 0 Å². The molecule has 0 bridgehead atoms. The number of hydrogen-bond acceptors (Lipinski definition) is 2. The molecule has 0 spiro atoms. The number of aromatic nitrogens is 2. The topological polar surface area (TPSA) is 29.9 Å². The fraction of sp³-hybridized carbons (Fsp3) is 0.147. The molecule has 0 atom stereocenters. The van der Waals surface area contributed by atoms with E-state index in [1.165, 1.54) is 32.9 Å². The molecule has 0 saturated heterocycles. The standard InChI is InChI=1S/C34H31N3/c1-4-5-19-35-31-21-26(17-18-27(31)23(2)3)37-32-15-9-7-12-29(32)34-28(13-10-16-33(34)37)25-20-24-11-6-8-14-30(24)36-22-25/h6-18,20-22,35H,2,4-5,19H2,1,3H3. The average molecular weight is 482 g/mol. The fourth-order valence-electron chi connectivity index (χ4n) is 5.35. The fourth-order valence-corrected chi connectivity index (χ4v) is 5.35. The van der Waals surface area contributed by atoms with Gasteiger partial charge in [0.05, 0.1) is 16.6 Å². The summed E-state index contributed by atoms with van der Waals surface area (Å²) in [5.41, 5.74) is 10.3. The second kappa shape index (κ2) is 9.59. The number of nitrogens with zero attached hydrogens (tertiary/aromatic N) is 2. The number of benzene rings is 4. The Hall–Kier alpha value is -4.37. The molecule has 0 aliphatic heterocycles. The van der Waals surface area contributed by atoms with Gasteiger partial charge in [-0.25, -0.2) is 0 Å². The Morgan fingerprint density at radius 2 is 1.70 bits per heavy atom. The lowest BCUT2D eigenvalue weighted by Crippen LogP contribution is -2.05. The maximum Gasteiger partial charge on any atom is 0.0702 e. The maximum absolute atomic E-state index is 4.76. The van der Waals surface area contributed by atoms with Gasteiger partial charge < -0.3 is 9.88 Å². The van der Waals surface area contributed by atoms with Gasteiger partial charge in [-0.15, -0.1) is 0 Å². The van der Waals surface area contributed by atoms with Gasteiger partial charge in [0.2, 0.25) is 0 Å². The molecular weight excluding hydrogens is 450 g/mol. The van der Waals surface area contributed by atoms with Gasteiger partial charge >= 0.3 is 0 Å². The summed E-state index contributed by atoms with van der Waals surface area (Å²) in [4.78, 5) is 4.76. The van der Waals surface area contributed by atoms with Crippen molar-refractivity contribution in [2.75, 3.05) is 11.9 Å². The van der Waals surface area contributed by atoms with Crippen molar-refractivity contribution in [2.24, 2.45) is 0 Å². The highest BCUT2D eigenvalue weighted by molar-refractivity contribution is 6.16. The summed E-state index contributed by atoms with van der Waals surface area (Å²) in [6.07, 6.45) is 4.30. The molecule has 0 saturated carbocycles. The molecule has 0 amide bonds. The zero-order chi connectivity index (χ0) is 25.4. The summed E-state index contributed by atoms with van der Waals surface area (Å²) in [5.74, 6) is 0. The van der Waals surface area contributed by atoms with Crippen LogP contribution in [0.25, 0.3) is 55.1 Å². The summed E-state index contributed by atoms with van der Waals surface area (Å²) < 4.78 is 2.38. The highest BCUT2D eigenvalue weighted by atomic mass is 15.0. The normalized spacial score (nSPS) is 11.4. The van der Waals surface area contributed by atoms with E-state index in [1.54, 1.807) is 0 Å². The molecule has 3 nitrogen and oxygen atoms in total. The van der Waals surface area contributed by atoms with Crippen molar-refractivity contribution in [1.29, 1.82) is 0 Å². The number of para-hydroxylation sites is 2.